The first kappa shape index (κ1) is 18.0. The number of para-hydroxylation sites is 1. The molecule has 1 aliphatic rings. The van der Waals surface area contributed by atoms with Gasteiger partial charge in [0.2, 0.25) is 5.78 Å². The maximum atomic E-state index is 12.3. The number of hydrogen-bond acceptors (Lipinski definition) is 4. The Kier molecular flexibility index (Phi) is 4.96. The molecule has 0 amide bonds. The molecule has 3 aromatic carbocycles. The van der Waals surface area contributed by atoms with Gasteiger partial charge in [-0.1, -0.05) is 35.9 Å². The molecular formula is C23H15ClO4. The van der Waals surface area contributed by atoms with Crippen LogP contribution in [-0.4, -0.2) is 18.2 Å². The van der Waals surface area contributed by atoms with Gasteiger partial charge in [-0.2, -0.15) is 0 Å². The van der Waals surface area contributed by atoms with Gasteiger partial charge in [-0.25, -0.2) is 0 Å². The van der Waals surface area contributed by atoms with Gasteiger partial charge >= 0.3 is 0 Å². The van der Waals surface area contributed by atoms with E-state index in [0.29, 0.717) is 27.6 Å². The Balaban J connectivity index is 1.40. The monoisotopic (exact) mass is 390 g/mol. The Morgan fingerprint density at radius 1 is 0.964 bits per heavy atom. The van der Waals surface area contributed by atoms with Crippen molar-refractivity contribution in [2.45, 2.75) is 0 Å². The number of benzene rings is 3. The lowest BCUT2D eigenvalue weighted by Gasteiger charge is -2.06. The first-order valence-electron chi connectivity index (χ1n) is 8.65. The van der Waals surface area contributed by atoms with Crippen LogP contribution in [0.1, 0.15) is 26.3 Å². The fourth-order valence-corrected chi connectivity index (χ4v) is 2.94. The van der Waals surface area contributed by atoms with Crippen LogP contribution in [0.3, 0.4) is 0 Å². The fraction of sp³-hybridized carbons (Fsp3) is 0.0435. The number of rotatable bonds is 5. The van der Waals surface area contributed by atoms with E-state index in [9.17, 15) is 9.59 Å². The third kappa shape index (κ3) is 3.82. The third-order valence-corrected chi connectivity index (χ3v) is 4.54. The highest BCUT2D eigenvalue weighted by molar-refractivity contribution is 6.30. The molecule has 3 aromatic rings. The second-order valence-corrected chi connectivity index (χ2v) is 6.66. The molecule has 138 valence electrons. The Morgan fingerprint density at radius 3 is 2.39 bits per heavy atom. The molecule has 0 fully saturated rings. The zero-order valence-corrected chi connectivity index (χ0v) is 15.5. The molecule has 0 spiro atoms. The van der Waals surface area contributed by atoms with Crippen molar-refractivity contribution in [1.29, 1.82) is 0 Å². The Morgan fingerprint density at radius 2 is 1.68 bits per heavy atom. The largest absolute Gasteiger partial charge is 0.485 e. The van der Waals surface area contributed by atoms with Crippen LogP contribution < -0.4 is 9.47 Å². The number of carbonyl (C=O) groups excluding carboxylic acids is 2. The van der Waals surface area contributed by atoms with Gasteiger partial charge in [0.05, 0.1) is 5.56 Å². The summed E-state index contributed by atoms with van der Waals surface area (Å²) in [6.07, 6.45) is 1.69. The molecule has 4 nitrogen and oxygen atoms in total. The quantitative estimate of drug-likeness (QED) is 0.443. The van der Waals surface area contributed by atoms with Gasteiger partial charge in [0.15, 0.2) is 18.1 Å². The smallest absolute Gasteiger partial charge is 0.231 e. The summed E-state index contributed by atoms with van der Waals surface area (Å²) in [4.78, 5) is 24.5. The molecule has 0 atom stereocenters. The molecule has 28 heavy (non-hydrogen) atoms. The SMILES string of the molecule is O=C(COc1ccc(/C=C2\Oc3ccccc3C2=O)cc1)c1ccc(Cl)cc1. The van der Waals surface area contributed by atoms with Crippen molar-refractivity contribution in [1.82, 2.24) is 0 Å². The van der Waals surface area contributed by atoms with Crippen LogP contribution >= 0.6 is 11.6 Å². The number of allylic oxidation sites excluding steroid dienone is 1. The number of Topliss-reactive ketones (excluding diaryl/α,β-unsaturated/α-hetero) is 2. The molecule has 0 N–H and O–H groups in total. The van der Waals surface area contributed by atoms with E-state index in [1.165, 1.54) is 0 Å². The highest BCUT2D eigenvalue weighted by Crippen LogP contribution is 2.31. The van der Waals surface area contributed by atoms with Crippen LogP contribution in [0.15, 0.2) is 78.6 Å². The minimum atomic E-state index is -0.135. The van der Waals surface area contributed by atoms with Gasteiger partial charge in [-0.15, -0.1) is 0 Å². The van der Waals surface area contributed by atoms with Crippen LogP contribution in [0.5, 0.6) is 11.5 Å². The van der Waals surface area contributed by atoms with Crippen LogP contribution in [0.2, 0.25) is 5.02 Å². The molecule has 0 aromatic heterocycles. The predicted octanol–water partition coefficient (Wildman–Crippen LogP) is 5.22. The molecule has 0 unspecified atom stereocenters. The summed E-state index contributed by atoms with van der Waals surface area (Å²) in [5.41, 5.74) is 1.91. The molecule has 4 rings (SSSR count). The van der Waals surface area contributed by atoms with Crippen LogP contribution in [0, 0.1) is 0 Å². The topological polar surface area (TPSA) is 52.6 Å². The predicted molar refractivity (Wildman–Crippen MR) is 107 cm³/mol. The molecular weight excluding hydrogens is 376 g/mol. The first-order chi connectivity index (χ1) is 13.6. The molecule has 5 heteroatoms. The second-order valence-electron chi connectivity index (χ2n) is 6.22. The fourth-order valence-electron chi connectivity index (χ4n) is 2.82. The van der Waals surface area contributed by atoms with Gasteiger partial charge in [-0.05, 0) is 60.2 Å². The molecule has 1 heterocycles. The second kappa shape index (κ2) is 7.71. The van der Waals surface area contributed by atoms with Crippen molar-refractivity contribution in [3.8, 4) is 11.5 Å². The lowest BCUT2D eigenvalue weighted by atomic mass is 10.1. The molecule has 0 saturated carbocycles. The van der Waals surface area contributed by atoms with Gasteiger partial charge in [0.1, 0.15) is 11.5 Å². The summed E-state index contributed by atoms with van der Waals surface area (Å²) >= 11 is 5.82. The highest BCUT2D eigenvalue weighted by atomic mass is 35.5. The van der Waals surface area contributed by atoms with E-state index in [-0.39, 0.29) is 23.9 Å². The molecule has 0 radical (unpaired) electrons. The summed E-state index contributed by atoms with van der Waals surface area (Å²) in [7, 11) is 0. The number of ether oxygens (including phenoxy) is 2. The van der Waals surface area contributed by atoms with E-state index in [1.807, 2.05) is 6.07 Å². The summed E-state index contributed by atoms with van der Waals surface area (Å²) in [6.45, 7) is -0.0705. The average Bonchev–Trinajstić information content (AvgIpc) is 3.03. The lowest BCUT2D eigenvalue weighted by molar-refractivity contribution is 0.0921. The maximum absolute atomic E-state index is 12.3. The van der Waals surface area contributed by atoms with Gasteiger partial charge in [0.25, 0.3) is 0 Å². The number of fused-ring (bicyclic) bond motifs is 1. The Hall–Kier alpha value is -3.37. The maximum Gasteiger partial charge on any atom is 0.231 e. The van der Waals surface area contributed by atoms with Gasteiger partial charge in [-0.3, -0.25) is 9.59 Å². The van der Waals surface area contributed by atoms with Crippen molar-refractivity contribution in [3.05, 3.63) is 100 Å². The number of halogens is 1. The molecule has 0 aliphatic carbocycles. The highest BCUT2D eigenvalue weighted by Gasteiger charge is 2.26. The zero-order valence-electron chi connectivity index (χ0n) is 14.7. The summed E-state index contributed by atoms with van der Waals surface area (Å²) in [5.74, 6) is 1.15. The third-order valence-electron chi connectivity index (χ3n) is 4.29. The van der Waals surface area contributed by atoms with Crippen molar-refractivity contribution < 1.29 is 19.1 Å². The summed E-state index contributed by atoms with van der Waals surface area (Å²) in [5, 5.41) is 0.579. The van der Waals surface area contributed by atoms with Crippen LogP contribution in [-0.2, 0) is 0 Å². The zero-order chi connectivity index (χ0) is 19.5. The lowest BCUT2D eigenvalue weighted by Crippen LogP contribution is -2.11. The van der Waals surface area contributed by atoms with Crippen molar-refractivity contribution in [2.24, 2.45) is 0 Å². The average molecular weight is 391 g/mol. The first-order valence-corrected chi connectivity index (χ1v) is 9.03. The van der Waals surface area contributed by atoms with Crippen molar-refractivity contribution >= 4 is 29.2 Å². The van der Waals surface area contributed by atoms with Crippen LogP contribution in [0.25, 0.3) is 6.08 Å². The molecule has 0 bridgehead atoms. The minimum Gasteiger partial charge on any atom is -0.485 e. The summed E-state index contributed by atoms with van der Waals surface area (Å²) < 4.78 is 11.2. The van der Waals surface area contributed by atoms with E-state index < -0.39 is 0 Å². The Bertz CT molecular complexity index is 1070. The van der Waals surface area contributed by atoms with Crippen molar-refractivity contribution in [2.75, 3.05) is 6.61 Å². The number of carbonyl (C=O) groups is 2. The standard InChI is InChI=1S/C23H15ClO4/c24-17-9-7-16(8-10-17)20(25)14-27-18-11-5-15(6-12-18)13-22-23(26)19-3-1-2-4-21(19)28-22/h1-13H,14H2/b22-13-. The number of ketones is 2. The number of hydrogen-bond donors (Lipinski definition) is 0. The van der Waals surface area contributed by atoms with Crippen molar-refractivity contribution in [3.63, 3.8) is 0 Å². The van der Waals surface area contributed by atoms with Gasteiger partial charge < -0.3 is 9.47 Å². The molecule has 0 saturated heterocycles. The molecule has 1 aliphatic heterocycles. The van der Waals surface area contributed by atoms with E-state index in [4.69, 9.17) is 21.1 Å². The van der Waals surface area contributed by atoms with E-state index >= 15 is 0 Å². The summed E-state index contributed by atoms with van der Waals surface area (Å²) in [6, 6.07) is 20.9. The Labute approximate surface area is 167 Å². The minimum absolute atomic E-state index is 0.0705. The van der Waals surface area contributed by atoms with E-state index in [1.54, 1.807) is 72.8 Å². The van der Waals surface area contributed by atoms with E-state index in [0.717, 1.165) is 5.56 Å². The van der Waals surface area contributed by atoms with E-state index in [2.05, 4.69) is 0 Å². The normalized spacial score (nSPS) is 13.9. The van der Waals surface area contributed by atoms with Crippen LogP contribution in [0.4, 0.5) is 0 Å². The van der Waals surface area contributed by atoms with Gasteiger partial charge in [0, 0.05) is 10.6 Å².